The third kappa shape index (κ3) is 3.97. The summed E-state index contributed by atoms with van der Waals surface area (Å²) in [5.41, 5.74) is 0.966. The van der Waals surface area contributed by atoms with E-state index in [0.29, 0.717) is 25.9 Å². The molecule has 1 fully saturated rings. The van der Waals surface area contributed by atoms with Crippen LogP contribution in [0.5, 0.6) is 0 Å². The number of hydrogen-bond donors (Lipinski definition) is 0. The second-order valence-electron chi connectivity index (χ2n) is 4.90. The molecule has 2 rings (SSSR count). The van der Waals surface area contributed by atoms with Crippen molar-refractivity contribution in [1.82, 2.24) is 4.90 Å². The van der Waals surface area contributed by atoms with E-state index < -0.39 is 0 Å². The van der Waals surface area contributed by atoms with Crippen LogP contribution in [0.2, 0.25) is 0 Å². The first-order valence-electron chi connectivity index (χ1n) is 6.75. The van der Waals surface area contributed by atoms with Crippen LogP contribution in [0.15, 0.2) is 30.3 Å². The first-order chi connectivity index (χ1) is 9.70. The van der Waals surface area contributed by atoms with Crippen molar-refractivity contribution in [2.24, 2.45) is 5.92 Å². The summed E-state index contributed by atoms with van der Waals surface area (Å²) in [5, 5.41) is 0. The Morgan fingerprint density at radius 1 is 1.20 bits per heavy atom. The van der Waals surface area contributed by atoms with Gasteiger partial charge in [0.1, 0.15) is 6.61 Å². The summed E-state index contributed by atoms with van der Waals surface area (Å²) in [7, 11) is 0. The molecule has 0 saturated carbocycles. The minimum atomic E-state index is -0.314. The molecule has 1 saturated heterocycles. The number of likely N-dealkylation sites (tertiary alicyclic amines) is 1. The molecular formula is C15H18ClNO3. The Bertz CT molecular complexity index is 455. The van der Waals surface area contributed by atoms with Gasteiger partial charge >= 0.3 is 6.09 Å². The molecule has 0 atom stereocenters. The van der Waals surface area contributed by atoms with E-state index in [4.69, 9.17) is 16.3 Å². The van der Waals surface area contributed by atoms with Gasteiger partial charge in [-0.25, -0.2) is 4.79 Å². The molecule has 1 aromatic rings. The summed E-state index contributed by atoms with van der Waals surface area (Å²) in [6, 6.07) is 9.57. The molecule has 0 aliphatic carbocycles. The molecule has 5 heteroatoms. The van der Waals surface area contributed by atoms with Crippen molar-refractivity contribution >= 4 is 23.5 Å². The first kappa shape index (κ1) is 14.9. The Morgan fingerprint density at radius 2 is 1.85 bits per heavy atom. The zero-order valence-corrected chi connectivity index (χ0v) is 12.0. The van der Waals surface area contributed by atoms with E-state index >= 15 is 0 Å². The van der Waals surface area contributed by atoms with Gasteiger partial charge in [-0.3, -0.25) is 4.79 Å². The second kappa shape index (κ2) is 7.29. The van der Waals surface area contributed by atoms with Crippen molar-refractivity contribution in [1.29, 1.82) is 0 Å². The van der Waals surface area contributed by atoms with E-state index in [0.717, 1.165) is 5.56 Å². The number of piperidine rings is 1. The zero-order chi connectivity index (χ0) is 14.4. The van der Waals surface area contributed by atoms with Gasteiger partial charge in [0.25, 0.3) is 0 Å². The van der Waals surface area contributed by atoms with Crippen LogP contribution in [-0.2, 0) is 16.1 Å². The van der Waals surface area contributed by atoms with E-state index in [1.165, 1.54) is 0 Å². The van der Waals surface area contributed by atoms with Crippen molar-refractivity contribution in [2.45, 2.75) is 19.4 Å². The number of carbonyl (C=O) groups excluding carboxylic acids is 2. The standard InChI is InChI=1S/C15H18ClNO3/c16-10-14(18)13-6-8-17(9-7-13)15(19)20-11-12-4-2-1-3-5-12/h1-5,13H,6-11H2. The summed E-state index contributed by atoms with van der Waals surface area (Å²) in [6.45, 7) is 1.39. The molecule has 0 spiro atoms. The summed E-state index contributed by atoms with van der Waals surface area (Å²) >= 11 is 5.55. The van der Waals surface area contributed by atoms with Crippen molar-refractivity contribution < 1.29 is 14.3 Å². The first-order valence-corrected chi connectivity index (χ1v) is 7.28. The minimum absolute atomic E-state index is 0.00864. The van der Waals surface area contributed by atoms with Gasteiger partial charge in [0, 0.05) is 19.0 Å². The molecule has 108 valence electrons. The molecule has 0 N–H and O–H groups in total. The van der Waals surface area contributed by atoms with Crippen LogP contribution in [0.1, 0.15) is 18.4 Å². The van der Waals surface area contributed by atoms with Crippen molar-refractivity contribution in [2.75, 3.05) is 19.0 Å². The van der Waals surface area contributed by atoms with Gasteiger partial charge < -0.3 is 9.64 Å². The lowest BCUT2D eigenvalue weighted by Gasteiger charge is -2.30. The fraction of sp³-hybridized carbons (Fsp3) is 0.467. The Labute approximate surface area is 123 Å². The van der Waals surface area contributed by atoms with Gasteiger partial charge in [-0.2, -0.15) is 0 Å². The third-order valence-corrected chi connectivity index (χ3v) is 3.81. The predicted molar refractivity (Wildman–Crippen MR) is 76.7 cm³/mol. The fourth-order valence-electron chi connectivity index (χ4n) is 2.30. The van der Waals surface area contributed by atoms with Crippen LogP contribution in [0.25, 0.3) is 0 Å². The van der Waals surface area contributed by atoms with Crippen molar-refractivity contribution in [3.05, 3.63) is 35.9 Å². The maximum atomic E-state index is 11.9. The van der Waals surface area contributed by atoms with Crippen molar-refractivity contribution in [3.63, 3.8) is 0 Å². The molecule has 1 aliphatic heterocycles. The van der Waals surface area contributed by atoms with E-state index in [9.17, 15) is 9.59 Å². The Balaban J connectivity index is 1.76. The summed E-state index contributed by atoms with van der Waals surface area (Å²) in [4.78, 5) is 25.1. The lowest BCUT2D eigenvalue weighted by atomic mass is 9.93. The van der Waals surface area contributed by atoms with Gasteiger partial charge in [0.15, 0.2) is 5.78 Å². The van der Waals surface area contributed by atoms with E-state index in [1.54, 1.807) is 4.90 Å². The van der Waals surface area contributed by atoms with Crippen LogP contribution in [0, 0.1) is 5.92 Å². The number of Topliss-reactive ketones (excluding diaryl/α,β-unsaturated/α-hetero) is 1. The SMILES string of the molecule is O=C(CCl)C1CCN(C(=O)OCc2ccccc2)CC1. The molecule has 1 aromatic carbocycles. The van der Waals surface area contributed by atoms with E-state index in [1.807, 2.05) is 30.3 Å². The molecule has 20 heavy (non-hydrogen) atoms. The lowest BCUT2D eigenvalue weighted by Crippen LogP contribution is -2.40. The minimum Gasteiger partial charge on any atom is -0.445 e. The highest BCUT2D eigenvalue weighted by Crippen LogP contribution is 2.19. The number of benzene rings is 1. The molecular weight excluding hydrogens is 278 g/mol. The summed E-state index contributed by atoms with van der Waals surface area (Å²) in [6.07, 6.45) is 1.03. The van der Waals surface area contributed by atoms with E-state index in [-0.39, 0.29) is 30.3 Å². The monoisotopic (exact) mass is 295 g/mol. The Hall–Kier alpha value is -1.55. The number of hydrogen-bond acceptors (Lipinski definition) is 3. The Kier molecular flexibility index (Phi) is 5.41. The van der Waals surface area contributed by atoms with E-state index in [2.05, 4.69) is 0 Å². The smallest absolute Gasteiger partial charge is 0.410 e. The number of carbonyl (C=O) groups is 2. The van der Waals surface area contributed by atoms with Gasteiger partial charge in [-0.05, 0) is 18.4 Å². The number of ether oxygens (including phenoxy) is 1. The van der Waals surface area contributed by atoms with Gasteiger partial charge in [-0.1, -0.05) is 30.3 Å². The summed E-state index contributed by atoms with van der Waals surface area (Å²) < 4.78 is 5.27. The fourth-order valence-corrected chi connectivity index (χ4v) is 2.52. The molecule has 1 amide bonds. The number of nitrogens with zero attached hydrogens (tertiary/aromatic N) is 1. The van der Waals surface area contributed by atoms with Crippen LogP contribution in [0.3, 0.4) is 0 Å². The summed E-state index contributed by atoms with van der Waals surface area (Å²) in [5.74, 6) is 0.123. The average molecular weight is 296 g/mol. The van der Waals surface area contributed by atoms with Gasteiger partial charge in [0.2, 0.25) is 0 Å². The van der Waals surface area contributed by atoms with Crippen LogP contribution in [-0.4, -0.2) is 35.7 Å². The molecule has 4 nitrogen and oxygen atoms in total. The predicted octanol–water partition coefficient (Wildman–Crippen LogP) is 2.84. The molecule has 0 bridgehead atoms. The van der Waals surface area contributed by atoms with Crippen molar-refractivity contribution in [3.8, 4) is 0 Å². The zero-order valence-electron chi connectivity index (χ0n) is 11.3. The average Bonchev–Trinajstić information content (AvgIpc) is 2.53. The topological polar surface area (TPSA) is 46.6 Å². The second-order valence-corrected chi connectivity index (χ2v) is 5.17. The van der Waals surface area contributed by atoms with Gasteiger partial charge in [-0.15, -0.1) is 11.6 Å². The van der Waals surface area contributed by atoms with Crippen LogP contribution in [0.4, 0.5) is 4.79 Å². The molecule has 0 radical (unpaired) electrons. The number of halogens is 1. The normalized spacial score (nSPS) is 15.9. The number of amides is 1. The molecule has 1 aliphatic rings. The van der Waals surface area contributed by atoms with Crippen LogP contribution < -0.4 is 0 Å². The molecule has 1 heterocycles. The highest BCUT2D eigenvalue weighted by atomic mass is 35.5. The lowest BCUT2D eigenvalue weighted by molar-refractivity contribution is -0.121. The maximum Gasteiger partial charge on any atom is 0.410 e. The largest absolute Gasteiger partial charge is 0.445 e. The number of rotatable bonds is 4. The number of alkyl halides is 1. The van der Waals surface area contributed by atoms with Gasteiger partial charge in [0.05, 0.1) is 5.88 Å². The molecule has 0 aromatic heterocycles. The Morgan fingerprint density at radius 3 is 2.45 bits per heavy atom. The maximum absolute atomic E-state index is 11.9. The number of ketones is 1. The quantitative estimate of drug-likeness (QED) is 0.803. The van der Waals surface area contributed by atoms with Crippen LogP contribution >= 0.6 is 11.6 Å². The molecule has 0 unspecified atom stereocenters. The highest BCUT2D eigenvalue weighted by molar-refractivity contribution is 6.27. The highest BCUT2D eigenvalue weighted by Gasteiger charge is 2.27. The third-order valence-electron chi connectivity index (χ3n) is 3.55.